The summed E-state index contributed by atoms with van der Waals surface area (Å²) in [7, 11) is 0. The number of hydrogen-bond acceptors (Lipinski definition) is 1. The standard InChI is InChI=1S/C9H10O.C6H5F/c1-8(7-10)9-5-3-2-4-6-9;7-6-4-2-1-3-5-6/h2-8H,1H3;1-5H. The molecule has 0 aliphatic rings. The predicted molar refractivity (Wildman–Crippen MR) is 67.3 cm³/mol. The van der Waals surface area contributed by atoms with Gasteiger partial charge in [-0.05, 0) is 17.7 Å². The van der Waals surface area contributed by atoms with E-state index < -0.39 is 0 Å². The van der Waals surface area contributed by atoms with E-state index in [4.69, 9.17) is 0 Å². The SMILES string of the molecule is CC(C=O)c1ccccc1.Fc1ccccc1. The minimum Gasteiger partial charge on any atom is -0.303 e. The van der Waals surface area contributed by atoms with Crippen LogP contribution in [0, 0.1) is 5.82 Å². The second kappa shape index (κ2) is 7.34. The Bertz CT molecular complexity index is 425. The number of hydrogen-bond donors (Lipinski definition) is 0. The second-order valence-electron chi connectivity index (χ2n) is 3.63. The molecule has 1 atom stereocenters. The van der Waals surface area contributed by atoms with Gasteiger partial charge in [-0.25, -0.2) is 4.39 Å². The fourth-order valence-corrected chi connectivity index (χ4v) is 1.25. The molecule has 1 unspecified atom stereocenters. The lowest BCUT2D eigenvalue weighted by Crippen LogP contribution is -1.92. The van der Waals surface area contributed by atoms with Crippen LogP contribution in [0.1, 0.15) is 18.4 Å². The van der Waals surface area contributed by atoms with Gasteiger partial charge in [0.1, 0.15) is 12.1 Å². The number of halogens is 1. The van der Waals surface area contributed by atoms with Gasteiger partial charge in [-0.1, -0.05) is 55.5 Å². The summed E-state index contributed by atoms with van der Waals surface area (Å²) < 4.78 is 11.9. The Balaban J connectivity index is 0.000000181. The molecule has 0 radical (unpaired) electrons. The normalized spacial score (nSPS) is 10.9. The molecule has 0 N–H and O–H groups in total. The Kier molecular flexibility index (Phi) is 5.66. The zero-order valence-electron chi connectivity index (χ0n) is 9.71. The average molecular weight is 230 g/mol. The van der Waals surface area contributed by atoms with Crippen LogP contribution in [0.15, 0.2) is 60.7 Å². The second-order valence-corrected chi connectivity index (χ2v) is 3.63. The Labute approximate surface area is 101 Å². The van der Waals surface area contributed by atoms with Gasteiger partial charge in [-0.15, -0.1) is 0 Å². The van der Waals surface area contributed by atoms with E-state index in [2.05, 4.69) is 0 Å². The maximum Gasteiger partial charge on any atom is 0.127 e. The summed E-state index contributed by atoms with van der Waals surface area (Å²) in [5, 5.41) is 0. The first-order valence-electron chi connectivity index (χ1n) is 5.45. The highest BCUT2D eigenvalue weighted by Gasteiger charge is 1.99. The van der Waals surface area contributed by atoms with Gasteiger partial charge in [-0.2, -0.15) is 0 Å². The predicted octanol–water partition coefficient (Wildman–Crippen LogP) is 3.81. The molecule has 0 heterocycles. The number of carbonyl (C=O) groups is 1. The summed E-state index contributed by atoms with van der Waals surface area (Å²) in [5.74, 6) is -0.149. The minimum atomic E-state index is -0.178. The summed E-state index contributed by atoms with van der Waals surface area (Å²) in [6.45, 7) is 1.89. The Hall–Kier alpha value is -1.96. The van der Waals surface area contributed by atoms with E-state index in [1.165, 1.54) is 12.1 Å². The molecule has 0 spiro atoms. The van der Waals surface area contributed by atoms with Gasteiger partial charge < -0.3 is 4.79 Å². The summed E-state index contributed by atoms with van der Waals surface area (Å²) >= 11 is 0. The van der Waals surface area contributed by atoms with E-state index in [9.17, 15) is 9.18 Å². The molecule has 88 valence electrons. The monoisotopic (exact) mass is 230 g/mol. The van der Waals surface area contributed by atoms with Crippen LogP contribution in [0.25, 0.3) is 0 Å². The van der Waals surface area contributed by atoms with Gasteiger partial charge in [0.25, 0.3) is 0 Å². The molecule has 2 rings (SSSR count). The summed E-state index contributed by atoms with van der Waals surface area (Å²) in [5.41, 5.74) is 1.08. The highest BCUT2D eigenvalue weighted by Crippen LogP contribution is 2.10. The van der Waals surface area contributed by atoms with Crippen molar-refractivity contribution in [1.82, 2.24) is 0 Å². The smallest absolute Gasteiger partial charge is 0.127 e. The van der Waals surface area contributed by atoms with Crippen molar-refractivity contribution in [3.05, 3.63) is 72.0 Å². The highest BCUT2D eigenvalue weighted by molar-refractivity contribution is 5.61. The van der Waals surface area contributed by atoms with E-state index in [0.29, 0.717) is 0 Å². The van der Waals surface area contributed by atoms with Crippen LogP contribution in [0.5, 0.6) is 0 Å². The topological polar surface area (TPSA) is 17.1 Å². The third-order valence-electron chi connectivity index (χ3n) is 2.26. The van der Waals surface area contributed by atoms with Gasteiger partial charge in [-0.3, -0.25) is 0 Å². The molecule has 0 bridgehead atoms. The summed E-state index contributed by atoms with van der Waals surface area (Å²) in [4.78, 5) is 10.3. The van der Waals surface area contributed by atoms with Crippen LogP contribution in [-0.4, -0.2) is 6.29 Å². The van der Waals surface area contributed by atoms with Crippen molar-refractivity contribution in [3.63, 3.8) is 0 Å². The van der Waals surface area contributed by atoms with E-state index in [1.54, 1.807) is 18.2 Å². The maximum absolute atomic E-state index is 11.9. The number of rotatable bonds is 2. The van der Waals surface area contributed by atoms with Crippen molar-refractivity contribution in [3.8, 4) is 0 Å². The van der Waals surface area contributed by atoms with E-state index >= 15 is 0 Å². The van der Waals surface area contributed by atoms with Crippen molar-refractivity contribution in [2.75, 3.05) is 0 Å². The van der Waals surface area contributed by atoms with Gasteiger partial charge >= 0.3 is 0 Å². The highest BCUT2D eigenvalue weighted by atomic mass is 19.1. The molecule has 17 heavy (non-hydrogen) atoms. The Morgan fingerprint density at radius 2 is 1.41 bits per heavy atom. The van der Waals surface area contributed by atoms with Crippen molar-refractivity contribution >= 4 is 6.29 Å². The Morgan fingerprint density at radius 1 is 0.941 bits per heavy atom. The maximum atomic E-state index is 11.9. The van der Waals surface area contributed by atoms with E-state index in [-0.39, 0.29) is 11.7 Å². The Morgan fingerprint density at radius 3 is 1.76 bits per heavy atom. The molecule has 0 saturated carbocycles. The number of aldehydes is 1. The molecule has 2 heteroatoms. The molecule has 0 amide bonds. The minimum absolute atomic E-state index is 0.0289. The number of carbonyl (C=O) groups excluding carboxylic acids is 1. The third kappa shape index (κ3) is 5.07. The van der Waals surface area contributed by atoms with Gasteiger partial charge in [0.2, 0.25) is 0 Å². The van der Waals surface area contributed by atoms with Crippen LogP contribution in [-0.2, 0) is 4.79 Å². The zero-order valence-corrected chi connectivity index (χ0v) is 9.71. The lowest BCUT2D eigenvalue weighted by Gasteiger charge is -2.00. The van der Waals surface area contributed by atoms with Gasteiger partial charge in [0.15, 0.2) is 0 Å². The fourth-order valence-electron chi connectivity index (χ4n) is 1.25. The largest absolute Gasteiger partial charge is 0.303 e. The first-order chi connectivity index (χ1) is 8.24. The molecule has 0 aliphatic carbocycles. The van der Waals surface area contributed by atoms with Crippen molar-refractivity contribution in [2.45, 2.75) is 12.8 Å². The summed E-state index contributed by atoms with van der Waals surface area (Å²) in [6.07, 6.45) is 0.954. The van der Waals surface area contributed by atoms with Crippen LogP contribution >= 0.6 is 0 Å². The zero-order chi connectivity index (χ0) is 12.5. The van der Waals surface area contributed by atoms with Crippen LogP contribution in [0.3, 0.4) is 0 Å². The lowest BCUT2D eigenvalue weighted by molar-refractivity contribution is -0.108. The molecule has 0 fully saturated rings. The van der Waals surface area contributed by atoms with E-state index in [1.807, 2.05) is 37.3 Å². The fraction of sp³-hybridized carbons (Fsp3) is 0.133. The van der Waals surface area contributed by atoms with Crippen LogP contribution < -0.4 is 0 Å². The molecule has 2 aromatic carbocycles. The van der Waals surface area contributed by atoms with Gasteiger partial charge in [0, 0.05) is 5.92 Å². The molecule has 2 aromatic rings. The number of benzene rings is 2. The van der Waals surface area contributed by atoms with Crippen molar-refractivity contribution in [2.24, 2.45) is 0 Å². The summed E-state index contributed by atoms with van der Waals surface area (Å²) in [6, 6.07) is 17.7. The quantitative estimate of drug-likeness (QED) is 0.717. The lowest BCUT2D eigenvalue weighted by atomic mass is 10.0. The van der Waals surface area contributed by atoms with Gasteiger partial charge in [0.05, 0.1) is 0 Å². The molecular weight excluding hydrogens is 215 g/mol. The molecule has 0 saturated heterocycles. The van der Waals surface area contributed by atoms with E-state index in [0.717, 1.165) is 11.8 Å². The molecule has 0 aliphatic heterocycles. The van der Waals surface area contributed by atoms with Crippen LogP contribution in [0.2, 0.25) is 0 Å². The molecular formula is C15H15FO. The molecule has 0 aromatic heterocycles. The average Bonchev–Trinajstić information content (AvgIpc) is 2.40. The van der Waals surface area contributed by atoms with Crippen LogP contribution in [0.4, 0.5) is 4.39 Å². The first-order valence-corrected chi connectivity index (χ1v) is 5.45. The first kappa shape index (κ1) is 13.1. The van der Waals surface area contributed by atoms with Crippen molar-refractivity contribution in [1.29, 1.82) is 0 Å². The van der Waals surface area contributed by atoms with Crippen molar-refractivity contribution < 1.29 is 9.18 Å². The molecule has 1 nitrogen and oxygen atoms in total. The third-order valence-corrected chi connectivity index (χ3v) is 2.26.